The van der Waals surface area contributed by atoms with Crippen LogP contribution in [-0.4, -0.2) is 51.8 Å². The van der Waals surface area contributed by atoms with E-state index in [4.69, 9.17) is 9.84 Å². The lowest BCUT2D eigenvalue weighted by molar-refractivity contribution is -0.137. The number of aromatic hydroxyl groups is 1. The topological polar surface area (TPSA) is 82.9 Å². The number of likely N-dealkylation sites (tertiary alicyclic amines) is 1. The molecule has 3 rings (SSSR count). The molecule has 2 aromatic rings. The molecular formula is C21H26N2O4. The third-order valence-corrected chi connectivity index (χ3v) is 4.88. The Kier molecular flexibility index (Phi) is 6.79. The molecule has 0 saturated carbocycles. The fourth-order valence-corrected chi connectivity index (χ4v) is 3.41. The number of carboxylic acids is 1. The first kappa shape index (κ1) is 19.3. The van der Waals surface area contributed by atoms with Crippen molar-refractivity contribution in [1.29, 1.82) is 0 Å². The lowest BCUT2D eigenvalue weighted by atomic mass is 10.0. The van der Waals surface area contributed by atoms with Gasteiger partial charge in [-0.1, -0.05) is 18.2 Å². The second-order valence-electron chi connectivity index (χ2n) is 6.90. The van der Waals surface area contributed by atoms with E-state index in [1.165, 1.54) is 0 Å². The Morgan fingerprint density at radius 1 is 1.19 bits per heavy atom. The van der Waals surface area contributed by atoms with Gasteiger partial charge in [-0.25, -0.2) is 0 Å². The van der Waals surface area contributed by atoms with E-state index in [0.717, 1.165) is 43.7 Å². The number of aromatic nitrogens is 1. The van der Waals surface area contributed by atoms with E-state index >= 15 is 0 Å². The van der Waals surface area contributed by atoms with Crippen LogP contribution < -0.4 is 0 Å². The zero-order valence-corrected chi connectivity index (χ0v) is 15.3. The van der Waals surface area contributed by atoms with Gasteiger partial charge in [0, 0.05) is 25.7 Å². The molecule has 0 spiro atoms. The molecule has 0 bridgehead atoms. The molecule has 0 radical (unpaired) electrons. The number of phenolic OH excluding ortho intramolecular Hbond substituents is 1. The maximum atomic E-state index is 10.6. The summed E-state index contributed by atoms with van der Waals surface area (Å²) in [6.07, 6.45) is 4.35. The Morgan fingerprint density at radius 2 is 1.93 bits per heavy atom. The molecule has 2 N–H and O–H groups in total. The SMILES string of the molecule is O=C(O)CCCN1CCC(OC(c2ccc(O)cc2)c2ccccn2)CC1. The molecule has 1 saturated heterocycles. The molecular weight excluding hydrogens is 344 g/mol. The molecule has 1 aromatic heterocycles. The van der Waals surface area contributed by atoms with Crippen LogP contribution in [0.5, 0.6) is 5.75 Å². The number of phenols is 1. The number of ether oxygens (including phenoxy) is 1. The third-order valence-electron chi connectivity index (χ3n) is 4.88. The number of piperidine rings is 1. The minimum atomic E-state index is -0.736. The van der Waals surface area contributed by atoms with Gasteiger partial charge in [-0.2, -0.15) is 0 Å². The molecule has 6 nitrogen and oxygen atoms in total. The Labute approximate surface area is 159 Å². The molecule has 6 heteroatoms. The zero-order chi connectivity index (χ0) is 19.1. The molecule has 1 unspecified atom stereocenters. The van der Waals surface area contributed by atoms with Crippen LogP contribution in [0.1, 0.15) is 43.0 Å². The molecule has 27 heavy (non-hydrogen) atoms. The fraction of sp³-hybridized carbons (Fsp3) is 0.429. The van der Waals surface area contributed by atoms with Crippen molar-refractivity contribution < 1.29 is 19.7 Å². The van der Waals surface area contributed by atoms with Gasteiger partial charge in [-0.05, 0) is 55.6 Å². The lowest BCUT2D eigenvalue weighted by Gasteiger charge is -2.34. The van der Waals surface area contributed by atoms with E-state index in [2.05, 4.69) is 9.88 Å². The molecule has 1 aliphatic rings. The molecule has 144 valence electrons. The van der Waals surface area contributed by atoms with Crippen LogP contribution in [0, 0.1) is 0 Å². The molecule has 1 aromatic carbocycles. The number of carbonyl (C=O) groups is 1. The van der Waals surface area contributed by atoms with Crippen molar-refractivity contribution in [2.24, 2.45) is 0 Å². The second kappa shape index (κ2) is 9.48. The molecule has 0 aliphatic carbocycles. The first-order valence-corrected chi connectivity index (χ1v) is 9.41. The second-order valence-corrected chi connectivity index (χ2v) is 6.90. The summed E-state index contributed by atoms with van der Waals surface area (Å²) >= 11 is 0. The Morgan fingerprint density at radius 3 is 2.56 bits per heavy atom. The summed E-state index contributed by atoms with van der Waals surface area (Å²) in [5, 5.41) is 18.3. The molecule has 2 heterocycles. The van der Waals surface area contributed by atoms with E-state index in [-0.39, 0.29) is 24.4 Å². The zero-order valence-electron chi connectivity index (χ0n) is 15.3. The Bertz CT molecular complexity index is 713. The van der Waals surface area contributed by atoms with Crippen LogP contribution in [0.15, 0.2) is 48.7 Å². The highest BCUT2D eigenvalue weighted by atomic mass is 16.5. The third kappa shape index (κ3) is 5.77. The summed E-state index contributed by atoms with van der Waals surface area (Å²) in [5.74, 6) is -0.506. The number of nitrogens with zero attached hydrogens (tertiary/aromatic N) is 2. The van der Waals surface area contributed by atoms with Crippen LogP contribution in [0.3, 0.4) is 0 Å². The van der Waals surface area contributed by atoms with Crippen LogP contribution >= 0.6 is 0 Å². The average molecular weight is 370 g/mol. The standard InChI is InChI=1S/C21H26N2O4/c24-17-8-6-16(7-9-17)21(19-4-1-2-12-22-19)27-18-10-14-23(15-11-18)13-3-5-20(25)26/h1-2,4,6-9,12,18,21,24H,3,5,10-11,13-15H2,(H,25,26). The lowest BCUT2D eigenvalue weighted by Crippen LogP contribution is -2.38. The van der Waals surface area contributed by atoms with E-state index in [0.29, 0.717) is 6.42 Å². The quantitative estimate of drug-likeness (QED) is 0.742. The summed E-state index contributed by atoms with van der Waals surface area (Å²) in [5.41, 5.74) is 1.82. The van der Waals surface area contributed by atoms with Crippen molar-refractivity contribution in [3.05, 3.63) is 59.9 Å². The summed E-state index contributed by atoms with van der Waals surface area (Å²) in [6.45, 7) is 2.64. The van der Waals surface area contributed by atoms with Gasteiger partial charge < -0.3 is 19.8 Å². The minimum absolute atomic E-state index is 0.126. The van der Waals surface area contributed by atoms with Crippen LogP contribution in [-0.2, 0) is 9.53 Å². The van der Waals surface area contributed by atoms with Crippen LogP contribution in [0.2, 0.25) is 0 Å². The summed E-state index contributed by atoms with van der Waals surface area (Å²) in [4.78, 5) is 17.4. The van der Waals surface area contributed by atoms with Gasteiger partial charge in [-0.15, -0.1) is 0 Å². The monoisotopic (exact) mass is 370 g/mol. The molecule has 1 atom stereocenters. The molecule has 0 amide bonds. The van der Waals surface area contributed by atoms with Gasteiger partial charge in [0.05, 0.1) is 11.8 Å². The largest absolute Gasteiger partial charge is 0.508 e. The summed E-state index contributed by atoms with van der Waals surface area (Å²) in [6, 6.07) is 12.9. The van der Waals surface area contributed by atoms with E-state index < -0.39 is 5.97 Å². The van der Waals surface area contributed by atoms with Crippen LogP contribution in [0.25, 0.3) is 0 Å². The van der Waals surface area contributed by atoms with Crippen molar-refractivity contribution in [2.75, 3.05) is 19.6 Å². The predicted octanol–water partition coefficient (Wildman–Crippen LogP) is 3.22. The predicted molar refractivity (Wildman–Crippen MR) is 102 cm³/mol. The number of carboxylic acid groups (broad SMARTS) is 1. The van der Waals surface area contributed by atoms with E-state index in [9.17, 15) is 9.90 Å². The van der Waals surface area contributed by atoms with Gasteiger partial charge in [0.15, 0.2) is 0 Å². The normalized spacial score (nSPS) is 16.9. The Balaban J connectivity index is 1.60. The number of pyridine rings is 1. The van der Waals surface area contributed by atoms with E-state index in [1.807, 2.05) is 30.3 Å². The highest BCUT2D eigenvalue weighted by Crippen LogP contribution is 2.29. The fourth-order valence-electron chi connectivity index (χ4n) is 3.41. The number of hydrogen-bond donors (Lipinski definition) is 2. The number of aliphatic carboxylic acids is 1. The van der Waals surface area contributed by atoms with Gasteiger partial charge in [0.25, 0.3) is 0 Å². The first-order valence-electron chi connectivity index (χ1n) is 9.41. The van der Waals surface area contributed by atoms with Crippen molar-refractivity contribution in [3.63, 3.8) is 0 Å². The maximum Gasteiger partial charge on any atom is 0.303 e. The summed E-state index contributed by atoms with van der Waals surface area (Å²) in [7, 11) is 0. The summed E-state index contributed by atoms with van der Waals surface area (Å²) < 4.78 is 6.43. The maximum absolute atomic E-state index is 10.6. The highest BCUT2D eigenvalue weighted by molar-refractivity contribution is 5.66. The van der Waals surface area contributed by atoms with Gasteiger partial charge in [0.2, 0.25) is 0 Å². The number of benzene rings is 1. The average Bonchev–Trinajstić information content (AvgIpc) is 2.68. The van der Waals surface area contributed by atoms with Gasteiger partial charge in [-0.3, -0.25) is 9.78 Å². The Hall–Kier alpha value is -2.44. The van der Waals surface area contributed by atoms with Gasteiger partial charge in [0.1, 0.15) is 11.9 Å². The van der Waals surface area contributed by atoms with Crippen molar-refractivity contribution in [3.8, 4) is 5.75 Å². The first-order chi connectivity index (χ1) is 13.1. The van der Waals surface area contributed by atoms with Crippen molar-refractivity contribution in [2.45, 2.75) is 37.9 Å². The van der Waals surface area contributed by atoms with E-state index in [1.54, 1.807) is 18.3 Å². The number of hydrogen-bond acceptors (Lipinski definition) is 5. The highest BCUT2D eigenvalue weighted by Gasteiger charge is 2.25. The van der Waals surface area contributed by atoms with Crippen LogP contribution in [0.4, 0.5) is 0 Å². The molecule has 1 aliphatic heterocycles. The van der Waals surface area contributed by atoms with Crippen molar-refractivity contribution >= 4 is 5.97 Å². The van der Waals surface area contributed by atoms with Gasteiger partial charge >= 0.3 is 5.97 Å². The van der Waals surface area contributed by atoms with Crippen molar-refractivity contribution in [1.82, 2.24) is 9.88 Å². The minimum Gasteiger partial charge on any atom is -0.508 e. The molecule has 1 fully saturated rings. The smallest absolute Gasteiger partial charge is 0.303 e. The number of rotatable bonds is 8.